The molecule has 0 aromatic carbocycles. The number of nitrogens with zero attached hydrogens (tertiary/aromatic N) is 1. The first-order valence-corrected chi connectivity index (χ1v) is 8.28. The summed E-state index contributed by atoms with van der Waals surface area (Å²) in [5.74, 6) is -0.703. The van der Waals surface area contributed by atoms with Gasteiger partial charge in [0.2, 0.25) is 0 Å². The minimum atomic E-state index is -0.732. The second kappa shape index (κ2) is 8.63. The molecule has 1 aliphatic rings. The van der Waals surface area contributed by atoms with Gasteiger partial charge in [0.15, 0.2) is 0 Å². The third kappa shape index (κ3) is 4.74. The van der Waals surface area contributed by atoms with Crippen molar-refractivity contribution in [2.75, 3.05) is 19.6 Å². The number of carboxylic acid groups (broad SMARTS) is 1. The maximum absolute atomic E-state index is 11.6. The van der Waals surface area contributed by atoms with Crippen LogP contribution in [0.25, 0.3) is 0 Å². The van der Waals surface area contributed by atoms with Crippen LogP contribution in [-0.2, 0) is 4.79 Å². The van der Waals surface area contributed by atoms with Gasteiger partial charge >= 0.3 is 5.97 Å². The van der Waals surface area contributed by atoms with E-state index in [1.54, 1.807) is 0 Å². The van der Waals surface area contributed by atoms with Crippen molar-refractivity contribution in [2.24, 2.45) is 0 Å². The van der Waals surface area contributed by atoms with Gasteiger partial charge < -0.3 is 15.3 Å². The molecule has 4 nitrogen and oxygen atoms in total. The van der Waals surface area contributed by atoms with E-state index in [0.29, 0.717) is 19.0 Å². The molecule has 1 rings (SSSR count). The number of hydrogen-bond donors (Lipinski definition) is 2. The Morgan fingerprint density at radius 2 is 2.10 bits per heavy atom. The van der Waals surface area contributed by atoms with Gasteiger partial charge in [-0.1, -0.05) is 26.7 Å². The Morgan fingerprint density at radius 3 is 2.70 bits per heavy atom. The average molecular weight is 284 g/mol. The van der Waals surface area contributed by atoms with Crippen molar-refractivity contribution in [3.05, 3.63) is 0 Å². The Labute approximate surface area is 123 Å². The van der Waals surface area contributed by atoms with Crippen molar-refractivity contribution in [2.45, 2.75) is 77.3 Å². The van der Waals surface area contributed by atoms with E-state index in [0.717, 1.165) is 19.4 Å². The smallest absolute Gasteiger partial charge is 0.323 e. The minimum Gasteiger partial charge on any atom is -0.480 e. The molecule has 1 saturated heterocycles. The monoisotopic (exact) mass is 284 g/mol. The summed E-state index contributed by atoms with van der Waals surface area (Å²) in [6, 6.07) is 0.650. The number of rotatable bonds is 8. The van der Waals surface area contributed by atoms with Gasteiger partial charge in [0, 0.05) is 6.04 Å². The quantitative estimate of drug-likeness (QED) is 0.719. The van der Waals surface area contributed by atoms with Crippen molar-refractivity contribution >= 4 is 5.97 Å². The fourth-order valence-electron chi connectivity index (χ4n) is 3.31. The molecule has 0 bridgehead atoms. The number of likely N-dealkylation sites (N-methyl/N-ethyl adjacent to an activating group) is 1. The molecular weight excluding hydrogens is 252 g/mol. The summed E-state index contributed by atoms with van der Waals surface area (Å²) < 4.78 is 0. The number of likely N-dealkylation sites (tertiary alicyclic amines) is 1. The van der Waals surface area contributed by atoms with Gasteiger partial charge in [0.1, 0.15) is 5.54 Å². The second-order valence-electron chi connectivity index (χ2n) is 6.11. The van der Waals surface area contributed by atoms with E-state index in [4.69, 9.17) is 0 Å². The summed E-state index contributed by atoms with van der Waals surface area (Å²) in [6.45, 7) is 9.16. The van der Waals surface area contributed by atoms with Crippen LogP contribution in [0.1, 0.15) is 65.7 Å². The molecule has 20 heavy (non-hydrogen) atoms. The minimum absolute atomic E-state index is 0.645. The molecule has 1 heterocycles. The average Bonchev–Trinajstić information content (AvgIpc) is 2.62. The van der Waals surface area contributed by atoms with Gasteiger partial charge in [-0.25, -0.2) is 0 Å². The highest BCUT2D eigenvalue weighted by molar-refractivity contribution is 5.78. The van der Waals surface area contributed by atoms with Gasteiger partial charge in [0.25, 0.3) is 0 Å². The fourth-order valence-corrected chi connectivity index (χ4v) is 3.31. The summed E-state index contributed by atoms with van der Waals surface area (Å²) in [4.78, 5) is 14.1. The number of aliphatic carboxylic acids is 1. The highest BCUT2D eigenvalue weighted by Gasteiger charge is 2.35. The number of hydrogen-bond acceptors (Lipinski definition) is 3. The van der Waals surface area contributed by atoms with Gasteiger partial charge in [0.05, 0.1) is 0 Å². The van der Waals surface area contributed by atoms with E-state index in [-0.39, 0.29) is 0 Å². The largest absolute Gasteiger partial charge is 0.480 e. The molecule has 0 aromatic heterocycles. The summed E-state index contributed by atoms with van der Waals surface area (Å²) in [5, 5.41) is 12.7. The highest BCUT2D eigenvalue weighted by Crippen LogP contribution is 2.21. The van der Waals surface area contributed by atoms with Crippen LogP contribution >= 0.6 is 0 Å². The first-order valence-electron chi connectivity index (χ1n) is 8.28. The van der Waals surface area contributed by atoms with Crippen molar-refractivity contribution < 1.29 is 9.90 Å². The molecule has 0 amide bonds. The molecule has 118 valence electrons. The standard InChI is InChI=1S/C16H32N2O2/c1-4-16(15(19)20,17-5-2)11-9-13-18-12-8-6-7-10-14(18)3/h14,17H,4-13H2,1-3H3,(H,19,20). The lowest BCUT2D eigenvalue weighted by Gasteiger charge is -2.32. The molecule has 2 atom stereocenters. The maximum Gasteiger partial charge on any atom is 0.323 e. The Bertz CT molecular complexity index is 296. The normalized spacial score (nSPS) is 24.1. The van der Waals surface area contributed by atoms with Gasteiger partial charge in [-0.2, -0.15) is 0 Å². The van der Waals surface area contributed by atoms with E-state index in [9.17, 15) is 9.90 Å². The summed E-state index contributed by atoms with van der Waals surface area (Å²) in [7, 11) is 0. The number of carbonyl (C=O) groups is 1. The van der Waals surface area contributed by atoms with Crippen molar-refractivity contribution in [1.82, 2.24) is 10.2 Å². The number of nitrogens with one attached hydrogen (secondary N) is 1. The van der Waals surface area contributed by atoms with Gasteiger partial charge in [-0.05, 0) is 58.7 Å². The highest BCUT2D eigenvalue weighted by atomic mass is 16.4. The molecule has 1 fully saturated rings. The summed E-state index contributed by atoms with van der Waals surface area (Å²) in [5.41, 5.74) is -0.732. The first kappa shape index (κ1) is 17.4. The molecule has 0 spiro atoms. The van der Waals surface area contributed by atoms with Crippen LogP contribution < -0.4 is 5.32 Å². The molecular formula is C16H32N2O2. The summed E-state index contributed by atoms with van der Waals surface area (Å²) >= 11 is 0. The van der Waals surface area contributed by atoms with Crippen LogP contribution in [0, 0.1) is 0 Å². The van der Waals surface area contributed by atoms with Crippen LogP contribution in [0.15, 0.2) is 0 Å². The lowest BCUT2D eigenvalue weighted by atomic mass is 9.90. The predicted octanol–water partition coefficient (Wildman–Crippen LogP) is 2.87. The third-order valence-electron chi connectivity index (χ3n) is 4.77. The molecule has 2 N–H and O–H groups in total. The van der Waals surface area contributed by atoms with Crippen LogP contribution in [0.2, 0.25) is 0 Å². The molecule has 0 saturated carbocycles. The zero-order chi connectivity index (χ0) is 15.0. The molecule has 0 aromatic rings. The SMILES string of the molecule is CCNC(CC)(CCCN1CCCCCC1C)C(=O)O. The Hall–Kier alpha value is -0.610. The zero-order valence-electron chi connectivity index (χ0n) is 13.5. The van der Waals surface area contributed by atoms with Gasteiger partial charge in [-0.3, -0.25) is 4.79 Å². The lowest BCUT2D eigenvalue weighted by Crippen LogP contribution is -2.52. The lowest BCUT2D eigenvalue weighted by molar-refractivity contribution is -0.145. The summed E-state index contributed by atoms with van der Waals surface area (Å²) in [6.07, 6.45) is 7.56. The molecule has 4 heteroatoms. The van der Waals surface area contributed by atoms with Gasteiger partial charge in [-0.15, -0.1) is 0 Å². The topological polar surface area (TPSA) is 52.6 Å². The Balaban J connectivity index is 2.48. The van der Waals surface area contributed by atoms with E-state index >= 15 is 0 Å². The van der Waals surface area contributed by atoms with E-state index in [2.05, 4.69) is 17.1 Å². The maximum atomic E-state index is 11.6. The Morgan fingerprint density at radius 1 is 1.35 bits per heavy atom. The van der Waals surface area contributed by atoms with Crippen LogP contribution in [0.3, 0.4) is 0 Å². The first-order chi connectivity index (χ1) is 9.55. The van der Waals surface area contributed by atoms with Crippen molar-refractivity contribution in [3.8, 4) is 0 Å². The van der Waals surface area contributed by atoms with Crippen molar-refractivity contribution in [3.63, 3.8) is 0 Å². The van der Waals surface area contributed by atoms with E-state index in [1.807, 2.05) is 13.8 Å². The van der Waals surface area contributed by atoms with Crippen LogP contribution in [0.5, 0.6) is 0 Å². The molecule has 0 aliphatic carbocycles. The zero-order valence-corrected chi connectivity index (χ0v) is 13.5. The Kier molecular flexibility index (Phi) is 7.52. The van der Waals surface area contributed by atoms with E-state index < -0.39 is 11.5 Å². The molecule has 1 aliphatic heterocycles. The fraction of sp³-hybridized carbons (Fsp3) is 0.938. The predicted molar refractivity (Wildman–Crippen MR) is 83.1 cm³/mol. The van der Waals surface area contributed by atoms with E-state index in [1.165, 1.54) is 32.2 Å². The van der Waals surface area contributed by atoms with Crippen LogP contribution in [-0.4, -0.2) is 47.2 Å². The molecule has 0 radical (unpaired) electrons. The second-order valence-corrected chi connectivity index (χ2v) is 6.11. The molecule has 2 unspecified atom stereocenters. The van der Waals surface area contributed by atoms with Crippen LogP contribution in [0.4, 0.5) is 0 Å². The number of carboxylic acids is 1. The third-order valence-corrected chi connectivity index (χ3v) is 4.77. The van der Waals surface area contributed by atoms with Crippen molar-refractivity contribution in [1.29, 1.82) is 0 Å².